The highest BCUT2D eigenvalue weighted by Gasteiger charge is 2.61. The van der Waals surface area contributed by atoms with E-state index in [1.807, 2.05) is 0 Å². The van der Waals surface area contributed by atoms with Gasteiger partial charge in [-0.25, -0.2) is 0 Å². The van der Waals surface area contributed by atoms with E-state index in [0.717, 1.165) is 4.90 Å². The van der Waals surface area contributed by atoms with E-state index in [9.17, 15) is 28.2 Å². The highest BCUT2D eigenvalue weighted by molar-refractivity contribution is 5.81. The maximum absolute atomic E-state index is 12.5. The van der Waals surface area contributed by atoms with Crippen LogP contribution in [-0.2, 0) is 19.0 Å². The summed E-state index contributed by atoms with van der Waals surface area (Å²) in [5.74, 6) is -2.77. The Morgan fingerprint density at radius 3 is 2.27 bits per heavy atom. The largest absolute Gasteiger partial charge is 0.471 e. The molecule has 0 unspecified atom stereocenters. The number of alkyl halides is 3. The fraction of sp³-hybridized carbons (Fsp3) is 0.933. The van der Waals surface area contributed by atoms with Gasteiger partial charge in [0.15, 0.2) is 12.1 Å². The molecular formula is C15H23F3N2O6. The molecule has 3 aliphatic heterocycles. The molecule has 0 spiro atoms. The molecule has 3 aliphatic rings. The van der Waals surface area contributed by atoms with E-state index < -0.39 is 48.6 Å². The Hall–Kier alpha value is -0.980. The zero-order chi connectivity index (χ0) is 19.3. The van der Waals surface area contributed by atoms with Crippen molar-refractivity contribution in [2.24, 2.45) is 0 Å². The minimum atomic E-state index is -4.89. The lowest BCUT2D eigenvalue weighted by molar-refractivity contribution is -0.249. The van der Waals surface area contributed by atoms with Crippen LogP contribution in [0.15, 0.2) is 0 Å². The molecule has 3 fully saturated rings. The minimum Gasteiger partial charge on any atom is -0.393 e. The molecule has 0 aromatic carbocycles. The molecule has 3 rings (SSSR count). The lowest BCUT2D eigenvalue weighted by Gasteiger charge is -2.41. The molecule has 4 atom stereocenters. The second-order valence-corrected chi connectivity index (χ2v) is 7.32. The Bertz CT molecular complexity index is 552. The average Bonchev–Trinajstić information content (AvgIpc) is 2.98. The Morgan fingerprint density at radius 2 is 1.77 bits per heavy atom. The first-order chi connectivity index (χ1) is 12.0. The number of ether oxygens (including phenoxy) is 3. The Balaban J connectivity index is 1.60. The van der Waals surface area contributed by atoms with Crippen molar-refractivity contribution in [3.8, 4) is 0 Å². The first-order valence-electron chi connectivity index (χ1n) is 8.38. The van der Waals surface area contributed by atoms with E-state index in [1.165, 1.54) is 0 Å². The van der Waals surface area contributed by atoms with Gasteiger partial charge in [0.1, 0.15) is 17.8 Å². The predicted octanol–water partition coefficient (Wildman–Crippen LogP) is -0.707. The van der Waals surface area contributed by atoms with Crippen molar-refractivity contribution in [3.05, 3.63) is 0 Å². The van der Waals surface area contributed by atoms with Gasteiger partial charge in [-0.2, -0.15) is 13.2 Å². The Kier molecular flexibility index (Phi) is 5.00. The SMILES string of the molecule is CC1(C)O[C@H]2O[C@@](CO)(CN3CCN(C(=O)C(F)(F)F)CC3)[C@H](O)[C@H]2O1. The number of carbonyl (C=O) groups is 1. The smallest absolute Gasteiger partial charge is 0.393 e. The van der Waals surface area contributed by atoms with Gasteiger partial charge in [0.05, 0.1) is 6.61 Å². The molecule has 8 nitrogen and oxygen atoms in total. The summed E-state index contributed by atoms with van der Waals surface area (Å²) in [6, 6.07) is 0. The molecule has 2 N–H and O–H groups in total. The van der Waals surface area contributed by atoms with Crippen LogP contribution >= 0.6 is 0 Å². The van der Waals surface area contributed by atoms with Crippen LogP contribution in [0.4, 0.5) is 13.2 Å². The maximum atomic E-state index is 12.5. The van der Waals surface area contributed by atoms with Crippen molar-refractivity contribution in [3.63, 3.8) is 0 Å². The van der Waals surface area contributed by atoms with E-state index in [2.05, 4.69) is 0 Å². The van der Waals surface area contributed by atoms with Crippen LogP contribution in [0, 0.1) is 0 Å². The van der Waals surface area contributed by atoms with Gasteiger partial charge in [0.2, 0.25) is 0 Å². The zero-order valence-electron chi connectivity index (χ0n) is 14.5. The van der Waals surface area contributed by atoms with Gasteiger partial charge in [0.25, 0.3) is 0 Å². The zero-order valence-corrected chi connectivity index (χ0v) is 14.5. The number of hydrogen-bond acceptors (Lipinski definition) is 7. The molecule has 0 saturated carbocycles. The van der Waals surface area contributed by atoms with Crippen LogP contribution in [0.3, 0.4) is 0 Å². The first kappa shape index (κ1) is 19.8. The summed E-state index contributed by atoms with van der Waals surface area (Å²) in [7, 11) is 0. The summed E-state index contributed by atoms with van der Waals surface area (Å²) in [6.45, 7) is 3.09. The van der Waals surface area contributed by atoms with Crippen LogP contribution < -0.4 is 0 Å². The third-order valence-corrected chi connectivity index (χ3v) is 4.95. The number of halogens is 3. The van der Waals surface area contributed by atoms with E-state index in [0.29, 0.717) is 0 Å². The van der Waals surface area contributed by atoms with Gasteiger partial charge in [0, 0.05) is 32.7 Å². The molecule has 3 saturated heterocycles. The number of amides is 1. The highest BCUT2D eigenvalue weighted by Crippen LogP contribution is 2.42. The molecule has 0 bridgehead atoms. The van der Waals surface area contributed by atoms with Crippen LogP contribution in [0.2, 0.25) is 0 Å². The molecule has 0 aromatic heterocycles. The highest BCUT2D eigenvalue weighted by atomic mass is 19.4. The maximum Gasteiger partial charge on any atom is 0.471 e. The van der Waals surface area contributed by atoms with Crippen molar-refractivity contribution < 1.29 is 42.4 Å². The van der Waals surface area contributed by atoms with Crippen molar-refractivity contribution in [2.45, 2.75) is 49.9 Å². The molecular weight excluding hydrogens is 361 g/mol. The number of fused-ring (bicyclic) bond motifs is 1. The lowest BCUT2D eigenvalue weighted by Crippen LogP contribution is -2.59. The van der Waals surface area contributed by atoms with Crippen molar-refractivity contribution in [1.29, 1.82) is 0 Å². The van der Waals surface area contributed by atoms with Gasteiger partial charge in [-0.15, -0.1) is 0 Å². The first-order valence-corrected chi connectivity index (χ1v) is 8.38. The summed E-state index contributed by atoms with van der Waals surface area (Å²) in [6.07, 6.45) is -7.64. The summed E-state index contributed by atoms with van der Waals surface area (Å²) in [5, 5.41) is 20.4. The van der Waals surface area contributed by atoms with Crippen LogP contribution in [0.5, 0.6) is 0 Å². The van der Waals surface area contributed by atoms with E-state index in [4.69, 9.17) is 14.2 Å². The van der Waals surface area contributed by atoms with Gasteiger partial charge >= 0.3 is 12.1 Å². The quantitative estimate of drug-likeness (QED) is 0.664. The molecule has 1 amide bonds. The molecule has 3 heterocycles. The predicted molar refractivity (Wildman–Crippen MR) is 79.8 cm³/mol. The van der Waals surface area contributed by atoms with Crippen LogP contribution in [0.1, 0.15) is 13.8 Å². The summed E-state index contributed by atoms with van der Waals surface area (Å²) >= 11 is 0. The summed E-state index contributed by atoms with van der Waals surface area (Å²) in [5.41, 5.74) is -1.36. The lowest BCUT2D eigenvalue weighted by atomic mass is 9.95. The standard InChI is InChI=1S/C15H23F3N2O6/c1-13(2)24-9-10(22)14(8-21,26-11(9)25-13)7-19-3-5-20(6-4-19)12(23)15(16,17)18/h9-11,21-22H,3-8H2,1-2H3/t9-,10-,11+,14-/m1/s1. The topological polar surface area (TPSA) is 91.7 Å². The van der Waals surface area contributed by atoms with Crippen molar-refractivity contribution in [1.82, 2.24) is 9.80 Å². The van der Waals surface area contributed by atoms with E-state index >= 15 is 0 Å². The van der Waals surface area contributed by atoms with Crippen LogP contribution in [-0.4, -0.2) is 101 Å². The van der Waals surface area contributed by atoms with E-state index in [1.54, 1.807) is 18.7 Å². The second kappa shape index (κ2) is 6.57. The third kappa shape index (κ3) is 3.56. The van der Waals surface area contributed by atoms with Crippen molar-refractivity contribution in [2.75, 3.05) is 39.3 Å². The van der Waals surface area contributed by atoms with Crippen molar-refractivity contribution >= 4 is 5.91 Å². The van der Waals surface area contributed by atoms with Gasteiger partial charge in [-0.1, -0.05) is 0 Å². The fourth-order valence-corrected chi connectivity index (χ4v) is 3.64. The molecule has 0 aromatic rings. The number of piperazine rings is 1. The van der Waals surface area contributed by atoms with Crippen LogP contribution in [0.25, 0.3) is 0 Å². The summed E-state index contributed by atoms with van der Waals surface area (Å²) < 4.78 is 54.4. The molecule has 150 valence electrons. The minimum absolute atomic E-state index is 0.0822. The Labute approximate surface area is 148 Å². The fourth-order valence-electron chi connectivity index (χ4n) is 3.64. The second-order valence-electron chi connectivity index (χ2n) is 7.32. The number of rotatable bonds is 3. The molecule has 0 aliphatic carbocycles. The van der Waals surface area contributed by atoms with Gasteiger partial charge < -0.3 is 29.3 Å². The number of nitrogens with zero attached hydrogens (tertiary/aromatic N) is 2. The van der Waals surface area contributed by atoms with Gasteiger partial charge in [-0.05, 0) is 13.8 Å². The van der Waals surface area contributed by atoms with E-state index in [-0.39, 0.29) is 32.7 Å². The number of carbonyl (C=O) groups excluding carboxylic acids is 1. The monoisotopic (exact) mass is 384 g/mol. The normalized spacial score (nSPS) is 37.8. The number of aliphatic hydroxyl groups is 2. The molecule has 0 radical (unpaired) electrons. The number of hydrogen-bond donors (Lipinski definition) is 2. The number of aliphatic hydroxyl groups excluding tert-OH is 2. The third-order valence-electron chi connectivity index (χ3n) is 4.95. The summed E-state index contributed by atoms with van der Waals surface area (Å²) in [4.78, 5) is 13.8. The molecule has 26 heavy (non-hydrogen) atoms. The Morgan fingerprint density at radius 1 is 1.15 bits per heavy atom. The van der Waals surface area contributed by atoms with Gasteiger partial charge in [-0.3, -0.25) is 9.69 Å². The molecule has 11 heteroatoms. The average molecular weight is 384 g/mol.